The maximum Gasteiger partial charge on any atom is 0.141 e. The second-order valence-corrected chi connectivity index (χ2v) is 5.50. The second kappa shape index (κ2) is 5.63. The van der Waals surface area contributed by atoms with E-state index >= 15 is 0 Å². The van der Waals surface area contributed by atoms with Gasteiger partial charge in [-0.05, 0) is 44.5 Å². The summed E-state index contributed by atoms with van der Waals surface area (Å²) in [5.41, 5.74) is 8.77. The van der Waals surface area contributed by atoms with Gasteiger partial charge >= 0.3 is 0 Å². The maximum atomic E-state index is 7.68. The highest BCUT2D eigenvalue weighted by Crippen LogP contribution is 2.29. The molecule has 0 atom stereocenters. The number of aromatic nitrogens is 1. The van der Waals surface area contributed by atoms with Gasteiger partial charge in [-0.1, -0.05) is 15.9 Å². The molecule has 1 aromatic heterocycles. The van der Waals surface area contributed by atoms with E-state index in [2.05, 4.69) is 20.9 Å². The Kier molecular flexibility index (Phi) is 4.09. The molecular formula is C15H16BrN3O. The molecule has 0 bridgehead atoms. The summed E-state index contributed by atoms with van der Waals surface area (Å²) in [5, 5.41) is 7.68. The number of halogens is 1. The van der Waals surface area contributed by atoms with Crippen LogP contribution in [0.5, 0.6) is 11.5 Å². The van der Waals surface area contributed by atoms with Gasteiger partial charge in [-0.25, -0.2) is 0 Å². The molecule has 0 aliphatic rings. The van der Waals surface area contributed by atoms with Crippen molar-refractivity contribution >= 4 is 21.8 Å². The Hall–Kier alpha value is -1.88. The lowest BCUT2D eigenvalue weighted by molar-refractivity contribution is 0.479. The second-order valence-electron chi connectivity index (χ2n) is 4.65. The lowest BCUT2D eigenvalue weighted by atomic mass is 10.1. The predicted molar refractivity (Wildman–Crippen MR) is 83.7 cm³/mol. The summed E-state index contributed by atoms with van der Waals surface area (Å²) in [6.45, 7) is 5.70. The van der Waals surface area contributed by atoms with E-state index in [1.54, 1.807) is 6.07 Å². The topological polar surface area (TPSA) is 72.0 Å². The van der Waals surface area contributed by atoms with E-state index in [0.29, 0.717) is 22.8 Å². The number of amidine groups is 1. The molecule has 0 saturated heterocycles. The lowest BCUT2D eigenvalue weighted by Gasteiger charge is -2.14. The van der Waals surface area contributed by atoms with Crippen LogP contribution in [-0.4, -0.2) is 10.8 Å². The van der Waals surface area contributed by atoms with Crippen molar-refractivity contribution in [1.82, 2.24) is 4.98 Å². The largest absolute Gasteiger partial charge is 0.456 e. The molecule has 104 valence electrons. The van der Waals surface area contributed by atoms with E-state index in [-0.39, 0.29) is 5.84 Å². The molecule has 20 heavy (non-hydrogen) atoms. The fourth-order valence-corrected chi connectivity index (χ4v) is 2.26. The molecular weight excluding hydrogens is 318 g/mol. The van der Waals surface area contributed by atoms with Gasteiger partial charge in [0.2, 0.25) is 0 Å². The van der Waals surface area contributed by atoms with Gasteiger partial charge in [0.05, 0.1) is 11.3 Å². The summed E-state index contributed by atoms with van der Waals surface area (Å²) in [5.74, 6) is 1.22. The molecule has 0 aliphatic carbocycles. The summed E-state index contributed by atoms with van der Waals surface area (Å²) in [6.07, 6.45) is 0. The molecule has 0 aliphatic heterocycles. The van der Waals surface area contributed by atoms with Crippen LogP contribution in [-0.2, 0) is 0 Å². The first-order valence-corrected chi connectivity index (χ1v) is 6.94. The van der Waals surface area contributed by atoms with Crippen molar-refractivity contribution in [2.75, 3.05) is 0 Å². The minimum Gasteiger partial charge on any atom is -0.456 e. The van der Waals surface area contributed by atoms with E-state index in [4.69, 9.17) is 15.9 Å². The van der Waals surface area contributed by atoms with Gasteiger partial charge in [0, 0.05) is 16.2 Å². The lowest BCUT2D eigenvalue weighted by Crippen LogP contribution is -2.15. The van der Waals surface area contributed by atoms with Crippen molar-refractivity contribution in [3.8, 4) is 11.5 Å². The number of rotatable bonds is 3. The average Bonchev–Trinajstić information content (AvgIpc) is 2.32. The van der Waals surface area contributed by atoms with Gasteiger partial charge in [-0.15, -0.1) is 0 Å². The average molecular weight is 334 g/mol. The van der Waals surface area contributed by atoms with Crippen molar-refractivity contribution in [3.63, 3.8) is 0 Å². The molecule has 1 heterocycles. The van der Waals surface area contributed by atoms with Gasteiger partial charge < -0.3 is 10.5 Å². The van der Waals surface area contributed by atoms with Crippen LogP contribution in [0.4, 0.5) is 0 Å². The van der Waals surface area contributed by atoms with Crippen molar-refractivity contribution in [2.24, 2.45) is 5.73 Å². The Labute approximate surface area is 126 Å². The van der Waals surface area contributed by atoms with Gasteiger partial charge in [-0.2, -0.15) is 0 Å². The molecule has 0 fully saturated rings. The standard InChI is InChI=1S/C15H16BrN3O/c1-8-6-11(4-5-12(8)16)20-13-7-9(2)19-10(3)14(13)15(17)18/h4-7H,1-3H3,(H3,17,18). The monoisotopic (exact) mass is 333 g/mol. The molecule has 1 aromatic carbocycles. The maximum absolute atomic E-state index is 7.68. The van der Waals surface area contributed by atoms with Crippen molar-refractivity contribution in [3.05, 3.63) is 51.3 Å². The minimum atomic E-state index is -0.0427. The van der Waals surface area contributed by atoms with Crippen LogP contribution < -0.4 is 10.5 Å². The van der Waals surface area contributed by atoms with Crippen LogP contribution >= 0.6 is 15.9 Å². The van der Waals surface area contributed by atoms with E-state index in [1.165, 1.54) is 0 Å². The Bertz CT molecular complexity index is 683. The number of nitrogens with zero attached hydrogens (tertiary/aromatic N) is 1. The van der Waals surface area contributed by atoms with Crippen LogP contribution in [0.2, 0.25) is 0 Å². The fourth-order valence-electron chi connectivity index (χ4n) is 2.01. The quantitative estimate of drug-likeness (QED) is 0.662. The van der Waals surface area contributed by atoms with Crippen molar-refractivity contribution in [2.45, 2.75) is 20.8 Å². The van der Waals surface area contributed by atoms with E-state index < -0.39 is 0 Å². The normalized spacial score (nSPS) is 10.4. The minimum absolute atomic E-state index is 0.0427. The van der Waals surface area contributed by atoms with E-state index in [0.717, 1.165) is 15.7 Å². The molecule has 4 nitrogen and oxygen atoms in total. The highest BCUT2D eigenvalue weighted by atomic mass is 79.9. The summed E-state index contributed by atoms with van der Waals surface area (Å²) in [4.78, 5) is 4.32. The predicted octanol–water partition coefficient (Wildman–Crippen LogP) is 3.85. The summed E-state index contributed by atoms with van der Waals surface area (Å²) in [7, 11) is 0. The number of aryl methyl sites for hydroxylation is 3. The third-order valence-corrected chi connectivity index (χ3v) is 3.81. The van der Waals surface area contributed by atoms with Crippen LogP contribution in [0.15, 0.2) is 28.7 Å². The zero-order valence-corrected chi connectivity index (χ0v) is 13.2. The first kappa shape index (κ1) is 14.5. The summed E-state index contributed by atoms with van der Waals surface area (Å²) >= 11 is 3.46. The van der Waals surface area contributed by atoms with Crippen molar-refractivity contribution < 1.29 is 4.74 Å². The van der Waals surface area contributed by atoms with Gasteiger partial charge in [0.15, 0.2) is 0 Å². The third kappa shape index (κ3) is 2.99. The van der Waals surface area contributed by atoms with Crippen LogP contribution in [0.25, 0.3) is 0 Å². The highest BCUT2D eigenvalue weighted by molar-refractivity contribution is 9.10. The van der Waals surface area contributed by atoms with E-state index in [9.17, 15) is 0 Å². The highest BCUT2D eigenvalue weighted by Gasteiger charge is 2.13. The Morgan fingerprint density at radius 3 is 2.55 bits per heavy atom. The van der Waals surface area contributed by atoms with Gasteiger partial charge in [0.1, 0.15) is 17.3 Å². The molecule has 3 N–H and O–H groups in total. The first-order valence-electron chi connectivity index (χ1n) is 6.15. The molecule has 0 radical (unpaired) electrons. The molecule has 0 unspecified atom stereocenters. The number of hydrogen-bond acceptors (Lipinski definition) is 3. The third-order valence-electron chi connectivity index (χ3n) is 2.92. The Balaban J connectivity index is 2.47. The molecule has 5 heteroatoms. The number of pyridine rings is 1. The fraction of sp³-hybridized carbons (Fsp3) is 0.200. The van der Waals surface area contributed by atoms with Crippen LogP contribution in [0.1, 0.15) is 22.5 Å². The summed E-state index contributed by atoms with van der Waals surface area (Å²) < 4.78 is 6.91. The SMILES string of the molecule is Cc1cc(Oc2ccc(Br)c(C)c2)c(C(=N)N)c(C)n1. The zero-order valence-electron chi connectivity index (χ0n) is 11.6. The number of ether oxygens (including phenoxy) is 1. The van der Waals surface area contributed by atoms with E-state index in [1.807, 2.05) is 39.0 Å². The van der Waals surface area contributed by atoms with Crippen molar-refractivity contribution in [1.29, 1.82) is 5.41 Å². The smallest absolute Gasteiger partial charge is 0.141 e. The van der Waals surface area contributed by atoms with Crippen LogP contribution in [0, 0.1) is 26.2 Å². The number of benzene rings is 1. The molecule has 0 amide bonds. The Morgan fingerprint density at radius 2 is 1.95 bits per heavy atom. The van der Waals surface area contributed by atoms with Gasteiger partial charge in [-0.3, -0.25) is 10.4 Å². The molecule has 0 spiro atoms. The molecule has 0 saturated carbocycles. The zero-order chi connectivity index (χ0) is 14.9. The molecule has 2 aromatic rings. The number of hydrogen-bond donors (Lipinski definition) is 2. The number of nitrogens with two attached hydrogens (primary N) is 1. The summed E-state index contributed by atoms with van der Waals surface area (Å²) in [6, 6.07) is 7.52. The van der Waals surface area contributed by atoms with Crippen LogP contribution in [0.3, 0.4) is 0 Å². The first-order chi connectivity index (χ1) is 9.38. The molecule has 2 rings (SSSR count). The number of nitrogens with one attached hydrogen (secondary N) is 1. The Morgan fingerprint density at radius 1 is 1.25 bits per heavy atom. The number of nitrogen functional groups attached to an aromatic ring is 1. The van der Waals surface area contributed by atoms with Gasteiger partial charge in [0.25, 0.3) is 0 Å².